The normalized spacial score (nSPS) is 16.5. The molecule has 1 aromatic carbocycles. The molecule has 2 amide bonds. The van der Waals surface area contributed by atoms with Gasteiger partial charge in [0.15, 0.2) is 0 Å². The Bertz CT molecular complexity index is 586. The van der Waals surface area contributed by atoms with Gasteiger partial charge in [-0.15, -0.1) is 0 Å². The second kappa shape index (κ2) is 8.78. The van der Waals surface area contributed by atoms with E-state index in [1.54, 1.807) is 14.0 Å². The number of hydrogen-bond donors (Lipinski definition) is 3. The van der Waals surface area contributed by atoms with Crippen LogP contribution in [0, 0.1) is 17.7 Å². The van der Waals surface area contributed by atoms with Gasteiger partial charge in [-0.05, 0) is 38.1 Å². The highest BCUT2D eigenvalue weighted by Crippen LogP contribution is 2.26. The summed E-state index contributed by atoms with van der Waals surface area (Å²) >= 11 is 0. The van der Waals surface area contributed by atoms with Crippen LogP contribution in [0.4, 0.5) is 15.8 Å². The Balaban J connectivity index is 2.02. The molecule has 0 bridgehead atoms. The first-order chi connectivity index (χ1) is 11.5. The maximum absolute atomic E-state index is 14.0. The van der Waals surface area contributed by atoms with Crippen molar-refractivity contribution in [3.05, 3.63) is 24.0 Å². The zero-order valence-corrected chi connectivity index (χ0v) is 14.3. The third-order valence-electron chi connectivity index (χ3n) is 4.43. The molecular weight excluding hydrogens is 309 g/mol. The minimum absolute atomic E-state index is 0.0490. The topological polar surface area (TPSA) is 70.2 Å². The summed E-state index contributed by atoms with van der Waals surface area (Å²) in [4.78, 5) is 24.3. The highest BCUT2D eigenvalue weighted by molar-refractivity contribution is 5.95. The summed E-state index contributed by atoms with van der Waals surface area (Å²) in [6.45, 7) is 2.36. The lowest BCUT2D eigenvalue weighted by Gasteiger charge is -2.21. The van der Waals surface area contributed by atoms with Crippen LogP contribution < -0.4 is 16.0 Å². The minimum Gasteiger partial charge on any atom is -0.326 e. The summed E-state index contributed by atoms with van der Waals surface area (Å²) in [7, 11) is 1.78. The van der Waals surface area contributed by atoms with Gasteiger partial charge in [0.1, 0.15) is 5.82 Å². The van der Waals surface area contributed by atoms with E-state index in [-0.39, 0.29) is 29.3 Å². The van der Waals surface area contributed by atoms with Gasteiger partial charge in [0.2, 0.25) is 11.8 Å². The minimum atomic E-state index is -0.500. The molecule has 0 radical (unpaired) electrons. The average molecular weight is 335 g/mol. The van der Waals surface area contributed by atoms with Crippen molar-refractivity contribution in [2.75, 3.05) is 24.2 Å². The number of hydrogen-bond acceptors (Lipinski definition) is 3. The summed E-state index contributed by atoms with van der Waals surface area (Å²) < 4.78 is 14.0. The maximum atomic E-state index is 14.0. The molecule has 1 aromatic rings. The van der Waals surface area contributed by atoms with E-state index in [0.717, 1.165) is 32.1 Å². The highest BCUT2D eigenvalue weighted by Gasteiger charge is 2.22. The Hall–Kier alpha value is -1.95. The number of carbonyl (C=O) groups is 2. The molecule has 0 aromatic heterocycles. The monoisotopic (exact) mass is 335 g/mol. The van der Waals surface area contributed by atoms with Gasteiger partial charge in [0.25, 0.3) is 0 Å². The number of halogens is 1. The van der Waals surface area contributed by atoms with E-state index < -0.39 is 5.82 Å². The third-order valence-corrected chi connectivity index (χ3v) is 4.43. The number of rotatable bonds is 6. The SMILES string of the molecule is CNCC(C)C(=O)Nc1ccc(F)c(NC(=O)C2CCCCC2)c1. The standard InChI is InChI=1S/C18H26FN3O2/c1-12(11-20-2)17(23)21-14-8-9-15(19)16(10-14)22-18(24)13-6-4-3-5-7-13/h8-10,12-13,20H,3-7,11H2,1-2H3,(H,21,23)(H,22,24). The zero-order valence-electron chi connectivity index (χ0n) is 14.3. The van der Waals surface area contributed by atoms with E-state index in [0.29, 0.717) is 12.2 Å². The maximum Gasteiger partial charge on any atom is 0.228 e. The van der Waals surface area contributed by atoms with Gasteiger partial charge in [-0.25, -0.2) is 4.39 Å². The van der Waals surface area contributed by atoms with Crippen LogP contribution >= 0.6 is 0 Å². The van der Waals surface area contributed by atoms with Gasteiger partial charge in [-0.2, -0.15) is 0 Å². The number of benzene rings is 1. The van der Waals surface area contributed by atoms with Gasteiger partial charge in [0.05, 0.1) is 5.69 Å². The Morgan fingerprint density at radius 3 is 2.58 bits per heavy atom. The molecule has 0 aliphatic heterocycles. The molecule has 1 saturated carbocycles. The average Bonchev–Trinajstić information content (AvgIpc) is 2.58. The lowest BCUT2D eigenvalue weighted by Crippen LogP contribution is -2.28. The lowest BCUT2D eigenvalue weighted by atomic mass is 9.88. The van der Waals surface area contributed by atoms with Crippen molar-refractivity contribution in [1.29, 1.82) is 0 Å². The Kier molecular flexibility index (Phi) is 6.73. The third kappa shape index (κ3) is 5.03. The summed E-state index contributed by atoms with van der Waals surface area (Å²) in [5, 5.41) is 8.36. The summed E-state index contributed by atoms with van der Waals surface area (Å²) in [5.74, 6) is -1.05. The number of anilines is 2. The molecule has 24 heavy (non-hydrogen) atoms. The van der Waals surface area contributed by atoms with Crippen LogP contribution in [0.15, 0.2) is 18.2 Å². The molecule has 0 saturated heterocycles. The molecular formula is C18H26FN3O2. The first-order valence-corrected chi connectivity index (χ1v) is 8.57. The molecule has 1 atom stereocenters. The van der Waals surface area contributed by atoms with Crippen LogP contribution in [0.3, 0.4) is 0 Å². The second-order valence-corrected chi connectivity index (χ2v) is 6.47. The fourth-order valence-corrected chi connectivity index (χ4v) is 2.96. The second-order valence-electron chi connectivity index (χ2n) is 6.47. The molecule has 132 valence electrons. The van der Waals surface area contributed by atoms with Gasteiger partial charge >= 0.3 is 0 Å². The van der Waals surface area contributed by atoms with E-state index in [9.17, 15) is 14.0 Å². The van der Waals surface area contributed by atoms with Crippen LogP contribution in [-0.4, -0.2) is 25.4 Å². The quantitative estimate of drug-likeness (QED) is 0.748. The van der Waals surface area contributed by atoms with E-state index in [1.165, 1.54) is 18.2 Å². The lowest BCUT2D eigenvalue weighted by molar-refractivity contribution is -0.121. The molecule has 3 N–H and O–H groups in total. The molecule has 6 heteroatoms. The molecule has 1 aliphatic carbocycles. The summed E-state index contributed by atoms with van der Waals surface area (Å²) in [6, 6.07) is 4.23. The van der Waals surface area contributed by atoms with E-state index in [4.69, 9.17) is 0 Å². The van der Waals surface area contributed by atoms with Crippen LogP contribution in [-0.2, 0) is 9.59 Å². The Morgan fingerprint density at radius 2 is 1.92 bits per heavy atom. The molecule has 2 rings (SSSR count). The predicted molar refractivity (Wildman–Crippen MR) is 93.3 cm³/mol. The van der Waals surface area contributed by atoms with Crippen molar-refractivity contribution in [1.82, 2.24) is 5.32 Å². The molecule has 1 fully saturated rings. The van der Waals surface area contributed by atoms with Gasteiger partial charge < -0.3 is 16.0 Å². The first kappa shape index (κ1) is 18.4. The van der Waals surface area contributed by atoms with Gasteiger partial charge in [0, 0.05) is 24.1 Å². The van der Waals surface area contributed by atoms with Crippen LogP contribution in [0.1, 0.15) is 39.0 Å². The number of nitrogens with one attached hydrogen (secondary N) is 3. The molecule has 1 unspecified atom stereocenters. The van der Waals surface area contributed by atoms with Crippen LogP contribution in [0.2, 0.25) is 0 Å². The van der Waals surface area contributed by atoms with Crippen molar-refractivity contribution in [2.24, 2.45) is 11.8 Å². The van der Waals surface area contributed by atoms with Gasteiger partial charge in [-0.3, -0.25) is 9.59 Å². The molecule has 1 aliphatic rings. The van der Waals surface area contributed by atoms with E-state index in [1.807, 2.05) is 0 Å². The molecule has 5 nitrogen and oxygen atoms in total. The fraction of sp³-hybridized carbons (Fsp3) is 0.556. The summed E-state index contributed by atoms with van der Waals surface area (Å²) in [6.07, 6.45) is 4.95. The van der Waals surface area contributed by atoms with E-state index in [2.05, 4.69) is 16.0 Å². The number of amides is 2. The highest BCUT2D eigenvalue weighted by atomic mass is 19.1. The Labute approximate surface area is 142 Å². The molecule has 0 spiro atoms. The fourth-order valence-electron chi connectivity index (χ4n) is 2.96. The van der Waals surface area contributed by atoms with Crippen molar-refractivity contribution in [2.45, 2.75) is 39.0 Å². The largest absolute Gasteiger partial charge is 0.326 e. The van der Waals surface area contributed by atoms with Crippen LogP contribution in [0.25, 0.3) is 0 Å². The van der Waals surface area contributed by atoms with Crippen molar-refractivity contribution in [3.8, 4) is 0 Å². The van der Waals surface area contributed by atoms with Gasteiger partial charge in [-0.1, -0.05) is 26.2 Å². The van der Waals surface area contributed by atoms with Crippen molar-refractivity contribution in [3.63, 3.8) is 0 Å². The summed E-state index contributed by atoms with van der Waals surface area (Å²) in [5.41, 5.74) is 0.591. The van der Waals surface area contributed by atoms with Crippen LogP contribution in [0.5, 0.6) is 0 Å². The van der Waals surface area contributed by atoms with Crippen molar-refractivity contribution < 1.29 is 14.0 Å². The molecule has 0 heterocycles. The smallest absolute Gasteiger partial charge is 0.228 e. The van der Waals surface area contributed by atoms with Crippen molar-refractivity contribution >= 4 is 23.2 Å². The first-order valence-electron chi connectivity index (χ1n) is 8.57. The zero-order chi connectivity index (χ0) is 17.5. The number of carbonyl (C=O) groups excluding carboxylic acids is 2. The van der Waals surface area contributed by atoms with E-state index >= 15 is 0 Å². The Morgan fingerprint density at radius 1 is 1.21 bits per heavy atom. The predicted octanol–water partition coefficient (Wildman–Crippen LogP) is 3.14.